The van der Waals surface area contributed by atoms with E-state index >= 15 is 0 Å². The van der Waals surface area contributed by atoms with Crippen LogP contribution >= 0.6 is 11.8 Å². The third-order valence-electron chi connectivity index (χ3n) is 5.37. The van der Waals surface area contributed by atoms with E-state index in [0.717, 1.165) is 35.7 Å². The van der Waals surface area contributed by atoms with Gasteiger partial charge in [-0.05, 0) is 66.4 Å². The van der Waals surface area contributed by atoms with Crippen LogP contribution in [0.4, 0.5) is 4.79 Å². The number of hydrogen-bond acceptors (Lipinski definition) is 5. The summed E-state index contributed by atoms with van der Waals surface area (Å²) >= 11 is 0.980. The maximum absolute atomic E-state index is 12.9. The lowest BCUT2D eigenvalue weighted by atomic mass is 10.1. The number of nitrogens with zero attached hydrogens (tertiary/aromatic N) is 1. The van der Waals surface area contributed by atoms with Gasteiger partial charge in [-0.1, -0.05) is 66.7 Å². The Hall–Kier alpha value is -3.51. The standard InChI is InChI=1S/C28H27NO4S/c1-2-32-25-18-23(15-16-24(25)33-20-22-12-7-4-8-13-22)19-26-27(30)29(28(31)34-26)17-9-14-21-10-5-3-6-11-21/h3-8,10-13,15-16,18-19H,2,9,14,17,20H2,1H3/b26-19+. The van der Waals surface area contributed by atoms with Crippen molar-refractivity contribution < 1.29 is 19.1 Å². The predicted molar refractivity (Wildman–Crippen MR) is 136 cm³/mol. The summed E-state index contributed by atoms with van der Waals surface area (Å²) in [5.41, 5.74) is 3.04. The van der Waals surface area contributed by atoms with Crippen LogP contribution in [0.3, 0.4) is 0 Å². The van der Waals surface area contributed by atoms with Crippen molar-refractivity contribution in [3.8, 4) is 11.5 Å². The van der Waals surface area contributed by atoms with E-state index in [1.165, 1.54) is 10.5 Å². The first-order chi connectivity index (χ1) is 16.6. The van der Waals surface area contributed by atoms with Crippen molar-refractivity contribution in [2.75, 3.05) is 13.2 Å². The van der Waals surface area contributed by atoms with Gasteiger partial charge in [0.25, 0.3) is 11.1 Å². The van der Waals surface area contributed by atoms with E-state index in [2.05, 4.69) is 12.1 Å². The number of imide groups is 1. The molecule has 0 radical (unpaired) electrons. The molecular weight excluding hydrogens is 446 g/mol. The molecule has 0 spiro atoms. The van der Waals surface area contributed by atoms with Crippen molar-refractivity contribution >= 4 is 29.0 Å². The molecule has 3 aromatic carbocycles. The SMILES string of the molecule is CCOc1cc(/C=C2/SC(=O)N(CCCc3ccccc3)C2=O)ccc1OCc1ccccc1. The number of thioether (sulfide) groups is 1. The summed E-state index contributed by atoms with van der Waals surface area (Å²) < 4.78 is 11.7. The largest absolute Gasteiger partial charge is 0.490 e. The molecule has 1 fully saturated rings. The number of carbonyl (C=O) groups is 2. The van der Waals surface area contributed by atoms with Gasteiger partial charge in [-0.2, -0.15) is 0 Å². The fraction of sp³-hybridized carbons (Fsp3) is 0.214. The van der Waals surface area contributed by atoms with Gasteiger partial charge in [0.2, 0.25) is 0 Å². The summed E-state index contributed by atoms with van der Waals surface area (Å²) in [6.07, 6.45) is 3.30. The Morgan fingerprint density at radius 2 is 1.56 bits per heavy atom. The average molecular weight is 474 g/mol. The highest BCUT2D eigenvalue weighted by Gasteiger charge is 2.34. The molecule has 5 nitrogen and oxygen atoms in total. The van der Waals surface area contributed by atoms with Crippen LogP contribution in [0.25, 0.3) is 6.08 Å². The van der Waals surface area contributed by atoms with Crippen LogP contribution < -0.4 is 9.47 Å². The monoisotopic (exact) mass is 473 g/mol. The zero-order chi connectivity index (χ0) is 23.8. The molecule has 1 aliphatic heterocycles. The highest BCUT2D eigenvalue weighted by molar-refractivity contribution is 8.18. The third kappa shape index (κ3) is 6.08. The third-order valence-corrected chi connectivity index (χ3v) is 6.27. The Morgan fingerprint density at radius 1 is 0.853 bits per heavy atom. The lowest BCUT2D eigenvalue weighted by Crippen LogP contribution is -2.29. The van der Waals surface area contributed by atoms with Crippen LogP contribution in [0, 0.1) is 0 Å². The summed E-state index contributed by atoms with van der Waals surface area (Å²) in [5.74, 6) is 0.997. The summed E-state index contributed by atoms with van der Waals surface area (Å²) in [7, 11) is 0. The number of ether oxygens (including phenoxy) is 2. The quantitative estimate of drug-likeness (QED) is 0.322. The highest BCUT2D eigenvalue weighted by Crippen LogP contribution is 2.35. The van der Waals surface area contributed by atoms with Crippen molar-refractivity contribution in [2.24, 2.45) is 0 Å². The molecule has 0 atom stereocenters. The van der Waals surface area contributed by atoms with Gasteiger partial charge >= 0.3 is 0 Å². The van der Waals surface area contributed by atoms with Gasteiger partial charge in [0.05, 0.1) is 11.5 Å². The van der Waals surface area contributed by atoms with Crippen LogP contribution in [0.15, 0.2) is 83.8 Å². The first-order valence-electron chi connectivity index (χ1n) is 11.4. The van der Waals surface area contributed by atoms with Crippen LogP contribution in [-0.2, 0) is 17.8 Å². The van der Waals surface area contributed by atoms with E-state index in [9.17, 15) is 9.59 Å². The molecule has 0 N–H and O–H groups in total. The van der Waals surface area contributed by atoms with Crippen molar-refractivity contribution in [1.82, 2.24) is 4.90 Å². The molecule has 0 aliphatic carbocycles. The molecule has 0 saturated carbocycles. The number of carbonyl (C=O) groups excluding carboxylic acids is 2. The fourth-order valence-electron chi connectivity index (χ4n) is 3.67. The second-order valence-corrected chi connectivity index (χ2v) is 8.83. The number of amides is 2. The van der Waals surface area contributed by atoms with Gasteiger partial charge in [-0.15, -0.1) is 0 Å². The summed E-state index contributed by atoms with van der Waals surface area (Å²) in [4.78, 5) is 27.1. The van der Waals surface area contributed by atoms with Gasteiger partial charge in [0.1, 0.15) is 6.61 Å². The van der Waals surface area contributed by atoms with Gasteiger partial charge in [-0.25, -0.2) is 0 Å². The first-order valence-corrected chi connectivity index (χ1v) is 12.2. The van der Waals surface area contributed by atoms with Gasteiger partial charge in [-0.3, -0.25) is 14.5 Å². The molecule has 174 valence electrons. The molecule has 0 bridgehead atoms. The van der Waals surface area contributed by atoms with Crippen molar-refractivity contribution in [2.45, 2.75) is 26.4 Å². The molecule has 4 rings (SSSR count). The average Bonchev–Trinajstić information content (AvgIpc) is 3.12. The molecule has 2 amide bonds. The predicted octanol–water partition coefficient (Wildman–Crippen LogP) is 6.33. The molecule has 1 saturated heterocycles. The lowest BCUT2D eigenvalue weighted by molar-refractivity contribution is -0.122. The fourth-order valence-corrected chi connectivity index (χ4v) is 4.53. The van der Waals surface area contributed by atoms with Crippen LogP contribution in [0.5, 0.6) is 11.5 Å². The zero-order valence-corrected chi connectivity index (χ0v) is 19.9. The minimum atomic E-state index is -0.245. The second kappa shape index (κ2) is 11.6. The van der Waals surface area contributed by atoms with Crippen LogP contribution in [0.1, 0.15) is 30.0 Å². The van der Waals surface area contributed by atoms with Gasteiger partial charge in [0, 0.05) is 6.54 Å². The van der Waals surface area contributed by atoms with Crippen molar-refractivity contribution in [3.63, 3.8) is 0 Å². The number of aryl methyl sites for hydroxylation is 1. The van der Waals surface area contributed by atoms with Gasteiger partial charge < -0.3 is 9.47 Å². The maximum Gasteiger partial charge on any atom is 0.293 e. The molecule has 6 heteroatoms. The molecule has 1 heterocycles. The normalized spacial score (nSPS) is 14.6. The molecule has 0 unspecified atom stereocenters. The molecular formula is C28H27NO4S. The molecule has 3 aromatic rings. The molecule has 0 aromatic heterocycles. The minimum Gasteiger partial charge on any atom is -0.490 e. The Morgan fingerprint density at radius 3 is 2.26 bits per heavy atom. The van der Waals surface area contributed by atoms with Crippen molar-refractivity contribution in [1.29, 1.82) is 0 Å². The highest BCUT2D eigenvalue weighted by atomic mass is 32.2. The van der Waals surface area contributed by atoms with E-state index in [1.807, 2.05) is 73.7 Å². The zero-order valence-electron chi connectivity index (χ0n) is 19.1. The van der Waals surface area contributed by atoms with E-state index in [4.69, 9.17) is 9.47 Å². The second-order valence-electron chi connectivity index (χ2n) is 7.84. The van der Waals surface area contributed by atoms with Crippen molar-refractivity contribution in [3.05, 3.63) is 100 Å². The van der Waals surface area contributed by atoms with Crippen LogP contribution in [0.2, 0.25) is 0 Å². The van der Waals surface area contributed by atoms with E-state index in [0.29, 0.717) is 36.2 Å². The van der Waals surface area contributed by atoms with E-state index in [-0.39, 0.29) is 11.1 Å². The number of benzene rings is 3. The Kier molecular flexibility index (Phi) is 8.04. The number of hydrogen-bond donors (Lipinski definition) is 0. The summed E-state index contributed by atoms with van der Waals surface area (Å²) in [6.45, 7) is 3.24. The topological polar surface area (TPSA) is 55.8 Å². The minimum absolute atomic E-state index is 0.225. The Labute approximate surface area is 204 Å². The smallest absolute Gasteiger partial charge is 0.293 e. The Balaban J connectivity index is 1.42. The number of rotatable bonds is 10. The maximum atomic E-state index is 12.9. The summed E-state index contributed by atoms with van der Waals surface area (Å²) in [6, 6.07) is 25.5. The van der Waals surface area contributed by atoms with E-state index in [1.54, 1.807) is 6.08 Å². The lowest BCUT2D eigenvalue weighted by Gasteiger charge is -2.13. The summed E-state index contributed by atoms with van der Waals surface area (Å²) in [5, 5.41) is -0.225. The Bertz CT molecular complexity index is 1160. The van der Waals surface area contributed by atoms with Crippen LogP contribution in [-0.4, -0.2) is 29.2 Å². The first kappa shape index (κ1) is 23.6. The van der Waals surface area contributed by atoms with Gasteiger partial charge in [0.15, 0.2) is 11.5 Å². The molecule has 34 heavy (non-hydrogen) atoms. The molecule has 1 aliphatic rings. The van der Waals surface area contributed by atoms with E-state index < -0.39 is 0 Å².